The molecule has 0 saturated carbocycles. The van der Waals surface area contributed by atoms with Crippen molar-refractivity contribution in [2.75, 3.05) is 13.6 Å². The zero-order valence-electron chi connectivity index (χ0n) is 9.92. The Morgan fingerprint density at radius 2 is 2.28 bits per heavy atom. The summed E-state index contributed by atoms with van der Waals surface area (Å²) in [7, 11) is 1.79. The van der Waals surface area contributed by atoms with E-state index in [-0.39, 0.29) is 17.7 Å². The van der Waals surface area contributed by atoms with Crippen molar-refractivity contribution < 1.29 is 14.8 Å². The first kappa shape index (κ1) is 13.9. The zero-order valence-corrected chi connectivity index (χ0v) is 9.92. The van der Waals surface area contributed by atoms with Gasteiger partial charge in [0.1, 0.15) is 0 Å². The minimum atomic E-state index is -1.09. The molecular weight excluding hydrogens is 236 g/mol. The number of benzene rings is 1. The molecule has 0 unspecified atom stereocenters. The first-order valence-electron chi connectivity index (χ1n) is 5.35. The number of carbonyl (C=O) groups is 1. The van der Waals surface area contributed by atoms with Crippen molar-refractivity contribution in [1.29, 1.82) is 0 Å². The molecule has 0 fully saturated rings. The van der Waals surface area contributed by atoms with Crippen molar-refractivity contribution in [2.24, 2.45) is 0 Å². The average Bonchev–Trinajstić information content (AvgIpc) is 2.30. The van der Waals surface area contributed by atoms with E-state index in [9.17, 15) is 14.9 Å². The Hall–Kier alpha value is -2.21. The van der Waals surface area contributed by atoms with Gasteiger partial charge in [-0.15, -0.1) is 0 Å². The van der Waals surface area contributed by atoms with E-state index >= 15 is 0 Å². The van der Waals surface area contributed by atoms with Crippen LogP contribution in [0.2, 0.25) is 0 Å². The Labute approximate surface area is 104 Å². The van der Waals surface area contributed by atoms with Crippen LogP contribution in [-0.4, -0.2) is 29.6 Å². The molecule has 0 saturated heterocycles. The molecule has 0 atom stereocenters. The normalized spacial score (nSPS) is 10.7. The number of nitrogens with one attached hydrogen (secondary N) is 1. The summed E-state index contributed by atoms with van der Waals surface area (Å²) in [5.74, 6) is -1.09. The fourth-order valence-electron chi connectivity index (χ4n) is 1.48. The average molecular weight is 250 g/mol. The highest BCUT2D eigenvalue weighted by molar-refractivity contribution is 5.72. The van der Waals surface area contributed by atoms with Gasteiger partial charge in [0, 0.05) is 18.2 Å². The number of carboxylic acid groups (broad SMARTS) is 1. The van der Waals surface area contributed by atoms with Gasteiger partial charge in [-0.1, -0.05) is 24.3 Å². The monoisotopic (exact) mass is 250 g/mol. The van der Waals surface area contributed by atoms with Crippen LogP contribution in [0.4, 0.5) is 5.69 Å². The van der Waals surface area contributed by atoms with E-state index in [1.807, 2.05) is 6.08 Å². The molecule has 1 aromatic carbocycles. The number of hydrogen-bond acceptors (Lipinski definition) is 4. The molecule has 1 aromatic rings. The molecule has 0 heterocycles. The van der Waals surface area contributed by atoms with Gasteiger partial charge in [0.25, 0.3) is 5.69 Å². The van der Waals surface area contributed by atoms with Crippen LogP contribution in [0.25, 0.3) is 6.08 Å². The van der Waals surface area contributed by atoms with Gasteiger partial charge < -0.3 is 10.4 Å². The van der Waals surface area contributed by atoms with Crippen LogP contribution in [0.15, 0.2) is 24.3 Å². The van der Waals surface area contributed by atoms with E-state index in [1.165, 1.54) is 12.1 Å². The van der Waals surface area contributed by atoms with Gasteiger partial charge in [0.15, 0.2) is 0 Å². The largest absolute Gasteiger partial charge is 0.481 e. The summed E-state index contributed by atoms with van der Waals surface area (Å²) in [6, 6.07) is 4.52. The van der Waals surface area contributed by atoms with Crippen molar-refractivity contribution in [3.63, 3.8) is 0 Å². The summed E-state index contributed by atoms with van der Waals surface area (Å²) < 4.78 is 0. The molecule has 6 nitrogen and oxygen atoms in total. The molecule has 18 heavy (non-hydrogen) atoms. The summed E-state index contributed by atoms with van der Waals surface area (Å²) in [6.07, 6.45) is 3.22. The van der Waals surface area contributed by atoms with Gasteiger partial charge in [0.05, 0.1) is 11.3 Å². The highest BCUT2D eigenvalue weighted by Gasteiger charge is 2.16. The number of nitrogens with zero attached hydrogens (tertiary/aromatic N) is 1. The van der Waals surface area contributed by atoms with E-state index in [1.54, 1.807) is 19.2 Å². The molecule has 0 radical (unpaired) electrons. The van der Waals surface area contributed by atoms with Crippen molar-refractivity contribution in [3.05, 3.63) is 45.5 Å². The first-order valence-corrected chi connectivity index (χ1v) is 5.35. The number of rotatable bonds is 6. The van der Waals surface area contributed by atoms with Crippen LogP contribution in [0.3, 0.4) is 0 Å². The lowest BCUT2D eigenvalue weighted by Crippen LogP contribution is -2.04. The van der Waals surface area contributed by atoms with Gasteiger partial charge >= 0.3 is 5.97 Å². The Bertz CT molecular complexity index is 483. The van der Waals surface area contributed by atoms with E-state index < -0.39 is 10.9 Å². The van der Waals surface area contributed by atoms with E-state index in [0.717, 1.165) is 0 Å². The van der Waals surface area contributed by atoms with E-state index in [2.05, 4.69) is 5.32 Å². The predicted octanol–water partition coefficient (Wildman–Crippen LogP) is 1.45. The van der Waals surface area contributed by atoms with E-state index in [4.69, 9.17) is 5.11 Å². The van der Waals surface area contributed by atoms with Crippen LogP contribution in [-0.2, 0) is 11.2 Å². The lowest BCUT2D eigenvalue weighted by Gasteiger charge is -2.01. The Morgan fingerprint density at radius 1 is 1.56 bits per heavy atom. The van der Waals surface area contributed by atoms with Crippen LogP contribution < -0.4 is 5.32 Å². The first-order chi connectivity index (χ1) is 8.54. The highest BCUT2D eigenvalue weighted by atomic mass is 16.6. The Kier molecular flexibility index (Phi) is 5.01. The smallest absolute Gasteiger partial charge is 0.308 e. The SMILES string of the molecule is CNCC=Cc1ccc(CC(=O)O)c([N+](=O)[O-])c1. The standard InChI is InChI=1S/C12H14N2O4/c1-13-6-2-3-9-4-5-10(8-12(15)16)11(7-9)14(17)18/h2-5,7,13H,6,8H2,1H3,(H,15,16). The summed E-state index contributed by atoms with van der Waals surface area (Å²) in [5.41, 5.74) is 0.716. The summed E-state index contributed by atoms with van der Waals surface area (Å²) in [6.45, 7) is 0.657. The predicted molar refractivity (Wildman–Crippen MR) is 67.4 cm³/mol. The second-order valence-electron chi connectivity index (χ2n) is 3.68. The van der Waals surface area contributed by atoms with Gasteiger partial charge in [-0.3, -0.25) is 14.9 Å². The molecule has 96 valence electrons. The molecular formula is C12H14N2O4. The third kappa shape index (κ3) is 3.99. The number of nitro groups is 1. The van der Waals surface area contributed by atoms with Crippen LogP contribution in [0, 0.1) is 10.1 Å². The van der Waals surface area contributed by atoms with Gasteiger partial charge in [-0.05, 0) is 12.6 Å². The molecule has 0 aliphatic rings. The molecule has 0 bridgehead atoms. The van der Waals surface area contributed by atoms with Crippen molar-refractivity contribution >= 4 is 17.7 Å². The summed E-state index contributed by atoms with van der Waals surface area (Å²) in [5, 5.41) is 22.4. The van der Waals surface area contributed by atoms with Crippen molar-refractivity contribution in [1.82, 2.24) is 5.32 Å². The van der Waals surface area contributed by atoms with Gasteiger partial charge in [-0.25, -0.2) is 0 Å². The fourth-order valence-corrected chi connectivity index (χ4v) is 1.48. The third-order valence-electron chi connectivity index (χ3n) is 2.28. The number of nitro benzene ring substituents is 1. The minimum Gasteiger partial charge on any atom is -0.481 e. The summed E-state index contributed by atoms with van der Waals surface area (Å²) >= 11 is 0. The lowest BCUT2D eigenvalue weighted by molar-refractivity contribution is -0.385. The highest BCUT2D eigenvalue weighted by Crippen LogP contribution is 2.21. The van der Waals surface area contributed by atoms with Crippen LogP contribution in [0.1, 0.15) is 11.1 Å². The molecule has 2 N–H and O–H groups in total. The number of carboxylic acids is 1. The second-order valence-corrected chi connectivity index (χ2v) is 3.68. The van der Waals surface area contributed by atoms with Crippen LogP contribution >= 0.6 is 0 Å². The molecule has 0 aliphatic heterocycles. The number of likely N-dealkylation sites (N-methyl/N-ethyl adjacent to an activating group) is 1. The van der Waals surface area contributed by atoms with Gasteiger partial charge in [0.2, 0.25) is 0 Å². The molecule has 6 heteroatoms. The number of aliphatic carboxylic acids is 1. The van der Waals surface area contributed by atoms with E-state index in [0.29, 0.717) is 12.1 Å². The zero-order chi connectivity index (χ0) is 13.5. The molecule has 1 rings (SSSR count). The molecule has 0 spiro atoms. The summed E-state index contributed by atoms with van der Waals surface area (Å²) in [4.78, 5) is 20.9. The molecule has 0 aromatic heterocycles. The second kappa shape index (κ2) is 6.51. The lowest BCUT2D eigenvalue weighted by atomic mass is 10.1. The molecule has 0 aliphatic carbocycles. The van der Waals surface area contributed by atoms with Crippen molar-refractivity contribution in [3.8, 4) is 0 Å². The number of hydrogen-bond donors (Lipinski definition) is 2. The fraction of sp³-hybridized carbons (Fsp3) is 0.250. The molecule has 0 amide bonds. The maximum absolute atomic E-state index is 10.9. The van der Waals surface area contributed by atoms with Crippen LogP contribution in [0.5, 0.6) is 0 Å². The Morgan fingerprint density at radius 3 is 2.83 bits per heavy atom. The minimum absolute atomic E-state index is 0.163. The third-order valence-corrected chi connectivity index (χ3v) is 2.28. The van der Waals surface area contributed by atoms with Gasteiger partial charge in [-0.2, -0.15) is 0 Å². The van der Waals surface area contributed by atoms with Crippen molar-refractivity contribution in [2.45, 2.75) is 6.42 Å². The quantitative estimate of drug-likeness (QED) is 0.589. The maximum Gasteiger partial charge on any atom is 0.308 e. The topological polar surface area (TPSA) is 92.5 Å². The maximum atomic E-state index is 10.9. The Balaban J connectivity index is 3.03.